The van der Waals surface area contributed by atoms with Gasteiger partial charge in [-0.1, -0.05) is 0 Å². The second-order valence-corrected chi connectivity index (χ2v) is 4.53. The van der Waals surface area contributed by atoms with Gasteiger partial charge in [0.1, 0.15) is 24.2 Å². The molecule has 0 amide bonds. The number of aliphatic hydroxyl groups excluding tert-OH is 1. The zero-order valence-electron chi connectivity index (χ0n) is 10.5. The summed E-state index contributed by atoms with van der Waals surface area (Å²) in [5.74, 6) is 1.50. The number of rotatable bonds is 5. The van der Waals surface area contributed by atoms with Gasteiger partial charge in [-0.2, -0.15) is 0 Å². The molecule has 100 valence electrons. The van der Waals surface area contributed by atoms with Crippen molar-refractivity contribution in [3.05, 3.63) is 42.5 Å². The zero-order valence-corrected chi connectivity index (χ0v) is 10.5. The number of aliphatic hydroxyl groups is 1. The average Bonchev–Trinajstić information content (AvgIpc) is 3.05. The van der Waals surface area contributed by atoms with Gasteiger partial charge < -0.3 is 19.1 Å². The summed E-state index contributed by atoms with van der Waals surface area (Å²) in [7, 11) is 0. The predicted molar refractivity (Wildman–Crippen MR) is 69.2 cm³/mol. The number of aromatic nitrogens is 2. The fourth-order valence-electron chi connectivity index (χ4n) is 2.12. The first-order valence-electron chi connectivity index (χ1n) is 6.36. The highest BCUT2D eigenvalue weighted by Crippen LogP contribution is 2.34. The van der Waals surface area contributed by atoms with Crippen molar-refractivity contribution < 1.29 is 14.6 Å². The molecule has 1 aromatic carbocycles. The molecule has 1 aliphatic heterocycles. The van der Waals surface area contributed by atoms with Gasteiger partial charge in [0.15, 0.2) is 0 Å². The third kappa shape index (κ3) is 2.71. The largest absolute Gasteiger partial charge is 0.493 e. The topological polar surface area (TPSA) is 56.5 Å². The van der Waals surface area contributed by atoms with Gasteiger partial charge in [0, 0.05) is 30.6 Å². The Balaban J connectivity index is 1.51. The lowest BCUT2D eigenvalue weighted by molar-refractivity contribution is 0.140. The van der Waals surface area contributed by atoms with E-state index in [1.807, 2.05) is 29.0 Å². The van der Waals surface area contributed by atoms with E-state index in [1.54, 1.807) is 12.5 Å². The smallest absolute Gasteiger partial charge is 0.129 e. The summed E-state index contributed by atoms with van der Waals surface area (Å²) in [5, 5.41) is 9.62. The maximum Gasteiger partial charge on any atom is 0.129 e. The Hall–Kier alpha value is -2.01. The lowest BCUT2D eigenvalue weighted by Gasteiger charge is -2.08. The Morgan fingerprint density at radius 3 is 3.26 bits per heavy atom. The molecule has 5 nitrogen and oxygen atoms in total. The minimum absolute atomic E-state index is 0.333. The molecule has 2 heterocycles. The van der Waals surface area contributed by atoms with Gasteiger partial charge in [0.05, 0.1) is 12.9 Å². The van der Waals surface area contributed by atoms with Crippen LogP contribution in [-0.2, 0) is 6.54 Å². The van der Waals surface area contributed by atoms with Gasteiger partial charge >= 0.3 is 0 Å². The second-order valence-electron chi connectivity index (χ2n) is 4.53. The zero-order chi connectivity index (χ0) is 13.1. The third-order valence-electron chi connectivity index (χ3n) is 3.13. The van der Waals surface area contributed by atoms with Crippen LogP contribution in [0.5, 0.6) is 11.5 Å². The molecule has 0 aliphatic carbocycles. The number of fused-ring (bicyclic) bond motifs is 1. The van der Waals surface area contributed by atoms with E-state index in [-0.39, 0.29) is 0 Å². The average molecular weight is 260 g/mol. The number of aryl methyl sites for hydroxylation is 1. The van der Waals surface area contributed by atoms with Crippen molar-refractivity contribution >= 4 is 0 Å². The van der Waals surface area contributed by atoms with Gasteiger partial charge in [0.2, 0.25) is 0 Å². The lowest BCUT2D eigenvalue weighted by Crippen LogP contribution is -2.03. The summed E-state index contributed by atoms with van der Waals surface area (Å²) < 4.78 is 13.1. The monoisotopic (exact) mass is 260 g/mol. The summed E-state index contributed by atoms with van der Waals surface area (Å²) in [6.07, 6.45) is 5.90. The van der Waals surface area contributed by atoms with E-state index in [0.29, 0.717) is 13.2 Å². The molecule has 0 saturated heterocycles. The number of benzene rings is 1. The molecule has 0 radical (unpaired) electrons. The molecule has 0 spiro atoms. The Bertz CT molecular complexity index is 540. The van der Waals surface area contributed by atoms with Gasteiger partial charge in [-0.15, -0.1) is 0 Å². The maximum absolute atomic E-state index is 9.62. The minimum atomic E-state index is -0.509. The van der Waals surface area contributed by atoms with Crippen LogP contribution in [0.2, 0.25) is 0 Å². The molecule has 0 bridgehead atoms. The molecule has 0 fully saturated rings. The molecular weight excluding hydrogens is 244 g/mol. The van der Waals surface area contributed by atoms with Crippen LogP contribution in [0.1, 0.15) is 18.1 Å². The number of nitrogens with zero attached hydrogens (tertiary/aromatic N) is 2. The van der Waals surface area contributed by atoms with E-state index in [4.69, 9.17) is 9.47 Å². The van der Waals surface area contributed by atoms with E-state index in [0.717, 1.165) is 30.0 Å². The molecular formula is C14H16N2O3. The van der Waals surface area contributed by atoms with Crippen molar-refractivity contribution in [3.8, 4) is 11.5 Å². The Labute approximate surface area is 111 Å². The first-order chi connectivity index (χ1) is 9.33. The van der Waals surface area contributed by atoms with Crippen molar-refractivity contribution in [2.24, 2.45) is 0 Å². The quantitative estimate of drug-likeness (QED) is 0.832. The van der Waals surface area contributed by atoms with Crippen LogP contribution in [0.25, 0.3) is 0 Å². The van der Waals surface area contributed by atoms with E-state index >= 15 is 0 Å². The van der Waals surface area contributed by atoms with Crippen LogP contribution in [0, 0.1) is 0 Å². The first kappa shape index (κ1) is 12.0. The Morgan fingerprint density at radius 2 is 2.42 bits per heavy atom. The Morgan fingerprint density at radius 1 is 1.47 bits per heavy atom. The molecule has 1 aromatic heterocycles. The number of hydrogen-bond donors (Lipinski definition) is 1. The molecule has 1 aliphatic rings. The fourth-order valence-corrected chi connectivity index (χ4v) is 2.12. The van der Waals surface area contributed by atoms with Crippen molar-refractivity contribution in [3.63, 3.8) is 0 Å². The highest BCUT2D eigenvalue weighted by molar-refractivity contribution is 5.44. The molecule has 1 atom stereocenters. The first-order valence-corrected chi connectivity index (χ1v) is 6.36. The molecule has 3 rings (SSSR count). The van der Waals surface area contributed by atoms with Crippen molar-refractivity contribution in [1.82, 2.24) is 9.55 Å². The summed E-state index contributed by atoms with van der Waals surface area (Å²) in [5.41, 5.74) is 0.839. The SMILES string of the molecule is OC1COc2cc(OCCCn3ccnc3)ccc21. The summed E-state index contributed by atoms with van der Waals surface area (Å²) in [4.78, 5) is 3.99. The highest BCUT2D eigenvalue weighted by atomic mass is 16.5. The van der Waals surface area contributed by atoms with Gasteiger partial charge in [-0.25, -0.2) is 4.98 Å². The standard InChI is InChI=1S/C14H16N2O3/c17-13-9-19-14-8-11(2-3-12(13)14)18-7-1-5-16-6-4-15-10-16/h2-4,6,8,10,13,17H,1,5,7,9H2. The maximum atomic E-state index is 9.62. The minimum Gasteiger partial charge on any atom is -0.493 e. The van der Waals surface area contributed by atoms with Crippen LogP contribution in [0.4, 0.5) is 0 Å². The molecule has 0 saturated carbocycles. The Kier molecular flexibility index (Phi) is 3.37. The summed E-state index contributed by atoms with van der Waals surface area (Å²) >= 11 is 0. The van der Waals surface area contributed by atoms with Gasteiger partial charge in [-0.05, 0) is 18.6 Å². The van der Waals surface area contributed by atoms with Crippen LogP contribution >= 0.6 is 0 Å². The number of ether oxygens (including phenoxy) is 2. The highest BCUT2D eigenvalue weighted by Gasteiger charge is 2.21. The van der Waals surface area contributed by atoms with Crippen molar-refractivity contribution in [2.45, 2.75) is 19.1 Å². The third-order valence-corrected chi connectivity index (χ3v) is 3.13. The van der Waals surface area contributed by atoms with Crippen LogP contribution in [0.15, 0.2) is 36.9 Å². The summed E-state index contributed by atoms with van der Waals surface area (Å²) in [6, 6.07) is 5.56. The second kappa shape index (κ2) is 5.32. The predicted octanol–water partition coefficient (Wildman–Crippen LogP) is 1.78. The van der Waals surface area contributed by atoms with E-state index in [9.17, 15) is 5.11 Å². The van der Waals surface area contributed by atoms with Crippen LogP contribution in [0.3, 0.4) is 0 Å². The molecule has 2 aromatic rings. The van der Waals surface area contributed by atoms with Gasteiger partial charge in [0.25, 0.3) is 0 Å². The number of imidazole rings is 1. The molecule has 1 unspecified atom stereocenters. The molecule has 19 heavy (non-hydrogen) atoms. The van der Waals surface area contributed by atoms with Crippen LogP contribution in [-0.4, -0.2) is 27.9 Å². The van der Waals surface area contributed by atoms with Crippen molar-refractivity contribution in [2.75, 3.05) is 13.2 Å². The number of hydrogen-bond acceptors (Lipinski definition) is 4. The van der Waals surface area contributed by atoms with E-state index < -0.39 is 6.10 Å². The molecule has 1 N–H and O–H groups in total. The molecule has 5 heteroatoms. The van der Waals surface area contributed by atoms with Gasteiger partial charge in [-0.3, -0.25) is 0 Å². The fraction of sp³-hybridized carbons (Fsp3) is 0.357. The normalized spacial score (nSPS) is 17.0. The van der Waals surface area contributed by atoms with E-state index in [2.05, 4.69) is 4.98 Å². The van der Waals surface area contributed by atoms with Crippen molar-refractivity contribution in [1.29, 1.82) is 0 Å². The van der Waals surface area contributed by atoms with Crippen LogP contribution < -0.4 is 9.47 Å². The van der Waals surface area contributed by atoms with E-state index in [1.165, 1.54) is 0 Å². The lowest BCUT2D eigenvalue weighted by atomic mass is 10.1. The summed E-state index contributed by atoms with van der Waals surface area (Å²) in [6.45, 7) is 1.86.